The summed E-state index contributed by atoms with van der Waals surface area (Å²) in [6.45, 7) is 0.788. The molecule has 0 bridgehead atoms. The van der Waals surface area contributed by atoms with Crippen molar-refractivity contribution in [2.24, 2.45) is 0 Å². The Morgan fingerprint density at radius 2 is 1.79 bits per heavy atom. The maximum atomic E-state index is 12.2. The van der Waals surface area contributed by atoms with Crippen molar-refractivity contribution in [3.63, 3.8) is 0 Å². The summed E-state index contributed by atoms with van der Waals surface area (Å²) in [5.74, 6) is 0.391. The molecule has 1 aliphatic heterocycles. The molecule has 0 saturated carbocycles. The van der Waals surface area contributed by atoms with Crippen molar-refractivity contribution in [3.05, 3.63) is 72.4 Å². The smallest absolute Gasteiger partial charge is 0.357 e. The maximum absolute atomic E-state index is 12.2. The van der Waals surface area contributed by atoms with Crippen molar-refractivity contribution in [1.29, 1.82) is 0 Å². The van der Waals surface area contributed by atoms with Gasteiger partial charge in [0.05, 0.1) is 12.2 Å². The molecule has 1 unspecified atom stereocenters. The van der Waals surface area contributed by atoms with Crippen LogP contribution in [0.25, 0.3) is 11.3 Å². The first-order valence-electron chi connectivity index (χ1n) is 7.82. The Bertz CT molecular complexity index is 844. The predicted octanol–water partition coefficient (Wildman–Crippen LogP) is 3.17. The van der Waals surface area contributed by atoms with Gasteiger partial charge in [-0.25, -0.2) is 4.79 Å². The van der Waals surface area contributed by atoms with Crippen molar-refractivity contribution >= 4 is 5.97 Å². The molecular formula is C19H16N2O3. The third kappa shape index (κ3) is 2.88. The summed E-state index contributed by atoms with van der Waals surface area (Å²) in [5, 5.41) is 4.54. The van der Waals surface area contributed by atoms with Crippen molar-refractivity contribution in [1.82, 2.24) is 9.78 Å². The van der Waals surface area contributed by atoms with Gasteiger partial charge < -0.3 is 9.47 Å². The molecule has 120 valence electrons. The van der Waals surface area contributed by atoms with E-state index >= 15 is 0 Å². The number of cyclic esters (lactones) is 1. The zero-order valence-corrected chi connectivity index (χ0v) is 13.0. The first-order chi connectivity index (χ1) is 11.8. The highest BCUT2D eigenvalue weighted by molar-refractivity contribution is 5.89. The summed E-state index contributed by atoms with van der Waals surface area (Å²) >= 11 is 0. The van der Waals surface area contributed by atoms with Crippen LogP contribution in [0.1, 0.15) is 10.5 Å². The number of fused-ring (bicyclic) bond motifs is 1. The van der Waals surface area contributed by atoms with Crippen molar-refractivity contribution in [2.45, 2.75) is 12.6 Å². The first kappa shape index (κ1) is 14.5. The molecule has 3 aromatic rings. The highest BCUT2D eigenvalue weighted by atomic mass is 16.6. The number of hydrogen-bond acceptors (Lipinski definition) is 4. The van der Waals surface area contributed by atoms with Crippen LogP contribution in [0.2, 0.25) is 0 Å². The topological polar surface area (TPSA) is 53.4 Å². The summed E-state index contributed by atoms with van der Waals surface area (Å²) in [6, 6.07) is 21.0. The highest BCUT2D eigenvalue weighted by Gasteiger charge is 2.29. The molecule has 0 amide bonds. The molecule has 2 heterocycles. The van der Waals surface area contributed by atoms with Gasteiger partial charge in [-0.15, -0.1) is 0 Å². The van der Waals surface area contributed by atoms with E-state index in [1.54, 1.807) is 10.7 Å². The molecule has 0 saturated heterocycles. The van der Waals surface area contributed by atoms with Crippen LogP contribution in [0, 0.1) is 0 Å². The van der Waals surface area contributed by atoms with E-state index in [4.69, 9.17) is 9.47 Å². The maximum Gasteiger partial charge on any atom is 0.357 e. The lowest BCUT2D eigenvalue weighted by Crippen LogP contribution is -2.36. The molecule has 24 heavy (non-hydrogen) atoms. The summed E-state index contributed by atoms with van der Waals surface area (Å²) in [6.07, 6.45) is -0.353. The van der Waals surface area contributed by atoms with E-state index in [9.17, 15) is 4.79 Å². The second-order valence-electron chi connectivity index (χ2n) is 5.61. The number of ether oxygens (including phenoxy) is 2. The van der Waals surface area contributed by atoms with Gasteiger partial charge >= 0.3 is 5.97 Å². The molecule has 5 heteroatoms. The van der Waals surface area contributed by atoms with Crippen molar-refractivity contribution in [3.8, 4) is 17.0 Å². The molecule has 0 fully saturated rings. The van der Waals surface area contributed by atoms with Crippen molar-refractivity contribution < 1.29 is 14.3 Å². The Hall–Kier alpha value is -3.08. The summed E-state index contributed by atoms with van der Waals surface area (Å²) < 4.78 is 12.8. The third-order valence-electron chi connectivity index (χ3n) is 3.89. The zero-order chi connectivity index (χ0) is 16.4. The largest absolute Gasteiger partial charge is 0.490 e. The normalized spacial score (nSPS) is 16.3. The molecule has 0 N–H and O–H groups in total. The van der Waals surface area contributed by atoms with E-state index in [0.717, 1.165) is 17.0 Å². The van der Waals surface area contributed by atoms with Crippen LogP contribution in [0.15, 0.2) is 66.7 Å². The van der Waals surface area contributed by atoms with Crippen LogP contribution >= 0.6 is 0 Å². The number of benzene rings is 2. The third-order valence-corrected chi connectivity index (χ3v) is 3.89. The van der Waals surface area contributed by atoms with E-state index in [1.165, 1.54) is 0 Å². The number of nitrogens with zero attached hydrogens (tertiary/aromatic N) is 2. The number of esters is 1. The minimum Gasteiger partial charge on any atom is -0.490 e. The van der Waals surface area contributed by atoms with Gasteiger partial charge in [-0.3, -0.25) is 4.68 Å². The standard InChI is InChI=1S/C19H16N2O3/c22-19-18-11-17(14-7-3-1-4-8-14)20-21(18)12-16(24-19)13-23-15-9-5-2-6-10-15/h1-11,16H,12-13H2. The van der Waals surface area contributed by atoms with E-state index in [0.29, 0.717) is 18.8 Å². The number of aromatic nitrogens is 2. The van der Waals surface area contributed by atoms with Crippen LogP contribution in [0.5, 0.6) is 5.75 Å². The Labute approximate surface area is 139 Å². The molecule has 1 aliphatic rings. The Morgan fingerprint density at radius 1 is 1.08 bits per heavy atom. The molecule has 1 aromatic heterocycles. The van der Waals surface area contributed by atoms with Crippen molar-refractivity contribution in [2.75, 3.05) is 6.61 Å². The van der Waals surface area contributed by atoms with Crippen LogP contribution in [-0.4, -0.2) is 28.5 Å². The Kier molecular flexibility index (Phi) is 3.75. The molecule has 1 atom stereocenters. The fourth-order valence-electron chi connectivity index (χ4n) is 2.70. The van der Waals surface area contributed by atoms with Gasteiger partial charge in [0.25, 0.3) is 0 Å². The zero-order valence-electron chi connectivity index (χ0n) is 13.0. The van der Waals surface area contributed by atoms with Crippen LogP contribution < -0.4 is 4.74 Å². The number of hydrogen-bond donors (Lipinski definition) is 0. The van der Waals surface area contributed by atoms with Gasteiger partial charge in [0, 0.05) is 5.56 Å². The summed E-state index contributed by atoms with van der Waals surface area (Å²) in [5.41, 5.74) is 2.22. The van der Waals surface area contributed by atoms with Gasteiger partial charge in [0.15, 0.2) is 6.10 Å². The molecule has 5 nitrogen and oxygen atoms in total. The minimum absolute atomic E-state index is 0.301. The SMILES string of the molecule is O=C1OC(COc2ccccc2)Cn2nc(-c3ccccc3)cc21. The van der Waals surface area contributed by atoms with Crippen LogP contribution in [-0.2, 0) is 11.3 Å². The summed E-state index contributed by atoms with van der Waals surface area (Å²) in [4.78, 5) is 12.2. The predicted molar refractivity (Wildman–Crippen MR) is 88.8 cm³/mol. The summed E-state index contributed by atoms with van der Waals surface area (Å²) in [7, 11) is 0. The molecule has 0 radical (unpaired) electrons. The van der Waals surface area contributed by atoms with Gasteiger partial charge in [-0.05, 0) is 18.2 Å². The quantitative estimate of drug-likeness (QED) is 0.693. The van der Waals surface area contributed by atoms with E-state index in [2.05, 4.69) is 5.10 Å². The fourth-order valence-corrected chi connectivity index (χ4v) is 2.70. The fraction of sp³-hybridized carbons (Fsp3) is 0.158. The number of rotatable bonds is 4. The molecule has 0 aliphatic carbocycles. The van der Waals surface area contributed by atoms with E-state index in [1.807, 2.05) is 60.7 Å². The van der Waals surface area contributed by atoms with Gasteiger partial charge in [0.1, 0.15) is 18.1 Å². The van der Waals surface area contributed by atoms with Crippen LogP contribution in [0.4, 0.5) is 0 Å². The molecule has 4 rings (SSSR count). The molecule has 0 spiro atoms. The number of carbonyl (C=O) groups is 1. The second-order valence-corrected chi connectivity index (χ2v) is 5.61. The average Bonchev–Trinajstić information content (AvgIpc) is 3.06. The monoisotopic (exact) mass is 320 g/mol. The lowest BCUT2D eigenvalue weighted by molar-refractivity contribution is 0.000345. The number of para-hydroxylation sites is 1. The lowest BCUT2D eigenvalue weighted by Gasteiger charge is -2.23. The van der Waals surface area contributed by atoms with Crippen LogP contribution in [0.3, 0.4) is 0 Å². The number of carbonyl (C=O) groups excluding carboxylic acids is 1. The molecular weight excluding hydrogens is 304 g/mol. The highest BCUT2D eigenvalue weighted by Crippen LogP contribution is 2.23. The van der Waals surface area contributed by atoms with Gasteiger partial charge in [-0.1, -0.05) is 48.5 Å². The lowest BCUT2D eigenvalue weighted by atomic mass is 10.1. The van der Waals surface area contributed by atoms with E-state index in [-0.39, 0.29) is 12.1 Å². The minimum atomic E-state index is -0.363. The van der Waals surface area contributed by atoms with Gasteiger partial charge in [0.2, 0.25) is 0 Å². The average molecular weight is 320 g/mol. The first-order valence-corrected chi connectivity index (χ1v) is 7.82. The Morgan fingerprint density at radius 3 is 2.54 bits per heavy atom. The molecule has 2 aromatic carbocycles. The van der Waals surface area contributed by atoms with Gasteiger partial charge in [-0.2, -0.15) is 5.10 Å². The second kappa shape index (κ2) is 6.20. The van der Waals surface area contributed by atoms with E-state index < -0.39 is 0 Å². The Balaban J connectivity index is 1.50.